The van der Waals surface area contributed by atoms with Gasteiger partial charge >= 0.3 is 0 Å². The molecule has 0 aromatic carbocycles. The van der Waals surface area contributed by atoms with Crippen LogP contribution in [0.4, 0.5) is 0 Å². The van der Waals surface area contributed by atoms with E-state index in [4.69, 9.17) is 9.57 Å². The van der Waals surface area contributed by atoms with E-state index in [1.165, 1.54) is 12.2 Å². The molecule has 1 aliphatic heterocycles. The number of rotatable bonds is 4. The van der Waals surface area contributed by atoms with Crippen LogP contribution in [0, 0.1) is 5.41 Å². The predicted octanol–water partition coefficient (Wildman–Crippen LogP) is 0.0224. The average Bonchev–Trinajstić information content (AvgIpc) is 2.28. The number of nitrogens with zero attached hydrogens (tertiary/aromatic N) is 1. The molecule has 1 heterocycles. The lowest BCUT2D eigenvalue weighted by atomic mass is 9.78. The van der Waals surface area contributed by atoms with Gasteiger partial charge in [-0.2, -0.15) is 0 Å². The van der Waals surface area contributed by atoms with Crippen molar-refractivity contribution in [2.75, 3.05) is 41.0 Å². The van der Waals surface area contributed by atoms with Gasteiger partial charge in [0.15, 0.2) is 0 Å². The van der Waals surface area contributed by atoms with E-state index in [0.29, 0.717) is 6.61 Å². The highest BCUT2D eigenvalue weighted by Crippen LogP contribution is 2.31. The van der Waals surface area contributed by atoms with Crippen LogP contribution in [-0.2, 0) is 14.4 Å². The Hall–Kier alpha value is -0.650. The first-order valence-corrected chi connectivity index (χ1v) is 5.18. The van der Waals surface area contributed by atoms with E-state index in [0.717, 1.165) is 25.9 Å². The van der Waals surface area contributed by atoms with Crippen molar-refractivity contribution >= 4 is 5.91 Å². The Morgan fingerprint density at radius 1 is 1.40 bits per heavy atom. The Morgan fingerprint density at radius 2 is 2.00 bits per heavy atom. The summed E-state index contributed by atoms with van der Waals surface area (Å²) < 4.78 is 5.17. The van der Waals surface area contributed by atoms with Crippen LogP contribution in [0.25, 0.3) is 0 Å². The van der Waals surface area contributed by atoms with E-state index in [2.05, 4.69) is 5.32 Å². The largest absolute Gasteiger partial charge is 0.384 e. The molecule has 88 valence electrons. The van der Waals surface area contributed by atoms with Crippen LogP contribution in [-0.4, -0.2) is 51.9 Å². The molecule has 1 N–H and O–H groups in total. The number of carbonyl (C=O) groups excluding carboxylic acids is 1. The van der Waals surface area contributed by atoms with Crippen molar-refractivity contribution in [3.8, 4) is 0 Å². The fourth-order valence-corrected chi connectivity index (χ4v) is 2.02. The maximum absolute atomic E-state index is 12.1. The molecule has 5 heteroatoms. The maximum Gasteiger partial charge on any atom is 0.254 e. The number of carbonyl (C=O) groups is 1. The highest BCUT2D eigenvalue weighted by Gasteiger charge is 2.41. The molecule has 1 fully saturated rings. The Morgan fingerprint density at radius 3 is 2.47 bits per heavy atom. The van der Waals surface area contributed by atoms with E-state index in [-0.39, 0.29) is 5.91 Å². The molecule has 1 rings (SSSR count). The standard InChI is InChI=1S/C10H20N2O3/c1-12(15-3)9(13)10(8-14-2)4-6-11-7-5-10/h11H,4-8H2,1-3H3. The molecule has 5 nitrogen and oxygen atoms in total. The molecule has 1 aliphatic rings. The third-order valence-electron chi connectivity index (χ3n) is 2.99. The van der Waals surface area contributed by atoms with Crippen LogP contribution in [0.15, 0.2) is 0 Å². The molecule has 15 heavy (non-hydrogen) atoms. The molecule has 0 unspecified atom stereocenters. The summed E-state index contributed by atoms with van der Waals surface area (Å²) in [6.45, 7) is 2.17. The van der Waals surface area contributed by atoms with Crippen molar-refractivity contribution < 1.29 is 14.4 Å². The van der Waals surface area contributed by atoms with Crippen molar-refractivity contribution in [2.45, 2.75) is 12.8 Å². The number of amides is 1. The van der Waals surface area contributed by atoms with Crippen molar-refractivity contribution in [1.82, 2.24) is 10.4 Å². The summed E-state index contributed by atoms with van der Waals surface area (Å²) in [7, 11) is 4.77. The van der Waals surface area contributed by atoms with Crippen molar-refractivity contribution in [2.24, 2.45) is 5.41 Å². The molecule has 0 aliphatic carbocycles. The highest BCUT2D eigenvalue weighted by molar-refractivity contribution is 5.82. The van der Waals surface area contributed by atoms with E-state index in [1.54, 1.807) is 14.2 Å². The van der Waals surface area contributed by atoms with Crippen LogP contribution in [0.5, 0.6) is 0 Å². The first-order valence-electron chi connectivity index (χ1n) is 5.18. The van der Waals surface area contributed by atoms with Gasteiger partial charge in [0, 0.05) is 14.2 Å². The molecular weight excluding hydrogens is 196 g/mol. The molecule has 0 spiro atoms. The first-order chi connectivity index (χ1) is 7.16. The molecular formula is C10H20N2O3. The van der Waals surface area contributed by atoms with E-state index in [9.17, 15) is 4.79 Å². The quantitative estimate of drug-likeness (QED) is 0.673. The number of nitrogens with one attached hydrogen (secondary N) is 1. The molecule has 0 atom stereocenters. The fourth-order valence-electron chi connectivity index (χ4n) is 2.02. The van der Waals surface area contributed by atoms with E-state index in [1.807, 2.05) is 0 Å². The Bertz CT molecular complexity index is 209. The lowest BCUT2D eigenvalue weighted by Crippen LogP contribution is -2.50. The van der Waals surface area contributed by atoms with E-state index < -0.39 is 5.41 Å². The highest BCUT2D eigenvalue weighted by atomic mass is 16.7. The zero-order valence-corrected chi connectivity index (χ0v) is 9.71. The number of ether oxygens (including phenoxy) is 1. The molecule has 0 saturated carbocycles. The maximum atomic E-state index is 12.1. The minimum atomic E-state index is -0.412. The molecule has 1 amide bonds. The number of hydroxylamine groups is 2. The van der Waals surface area contributed by atoms with Gasteiger partial charge in [-0.25, -0.2) is 5.06 Å². The van der Waals surface area contributed by atoms with Gasteiger partial charge in [0.1, 0.15) is 0 Å². The van der Waals surface area contributed by atoms with Gasteiger partial charge in [-0.3, -0.25) is 9.63 Å². The van der Waals surface area contributed by atoms with Crippen molar-refractivity contribution in [3.05, 3.63) is 0 Å². The second-order valence-electron chi connectivity index (χ2n) is 3.95. The van der Waals surface area contributed by atoms with Gasteiger partial charge in [0.2, 0.25) is 0 Å². The zero-order valence-electron chi connectivity index (χ0n) is 9.71. The van der Waals surface area contributed by atoms with Gasteiger partial charge < -0.3 is 10.1 Å². The summed E-state index contributed by atoms with van der Waals surface area (Å²) in [5.41, 5.74) is -0.412. The smallest absolute Gasteiger partial charge is 0.254 e. The summed E-state index contributed by atoms with van der Waals surface area (Å²) in [6.07, 6.45) is 1.60. The predicted molar refractivity (Wildman–Crippen MR) is 56.2 cm³/mol. The van der Waals surface area contributed by atoms with Gasteiger partial charge in [-0.15, -0.1) is 0 Å². The van der Waals surface area contributed by atoms with Crippen LogP contribution < -0.4 is 5.32 Å². The minimum Gasteiger partial charge on any atom is -0.384 e. The number of piperidine rings is 1. The summed E-state index contributed by atoms with van der Waals surface area (Å²) in [4.78, 5) is 17.1. The Labute approximate surface area is 90.7 Å². The average molecular weight is 216 g/mol. The van der Waals surface area contributed by atoms with Crippen LogP contribution >= 0.6 is 0 Å². The van der Waals surface area contributed by atoms with Crippen molar-refractivity contribution in [3.63, 3.8) is 0 Å². The summed E-state index contributed by atoms with van der Waals surface area (Å²) in [5.74, 6) is 0.00773. The van der Waals surface area contributed by atoms with Crippen molar-refractivity contribution in [1.29, 1.82) is 0 Å². The summed E-state index contributed by atoms with van der Waals surface area (Å²) in [6, 6.07) is 0. The molecule has 1 saturated heterocycles. The second kappa shape index (κ2) is 5.44. The Kier molecular flexibility index (Phi) is 4.50. The normalized spacial score (nSPS) is 19.9. The number of methoxy groups -OCH3 is 1. The number of hydrogen-bond donors (Lipinski definition) is 1. The van der Waals surface area contributed by atoms with Gasteiger partial charge in [0.25, 0.3) is 5.91 Å². The van der Waals surface area contributed by atoms with Crippen LogP contribution in [0.1, 0.15) is 12.8 Å². The fraction of sp³-hybridized carbons (Fsp3) is 0.900. The van der Waals surface area contributed by atoms with E-state index >= 15 is 0 Å². The first kappa shape index (κ1) is 12.4. The molecule has 0 radical (unpaired) electrons. The zero-order chi connectivity index (χ0) is 11.3. The SMILES string of the molecule is COCC1(C(=O)N(C)OC)CCNCC1. The number of hydrogen-bond acceptors (Lipinski definition) is 4. The van der Waals surface area contributed by atoms with Gasteiger partial charge in [-0.05, 0) is 25.9 Å². The lowest BCUT2D eigenvalue weighted by molar-refractivity contribution is -0.185. The monoisotopic (exact) mass is 216 g/mol. The topological polar surface area (TPSA) is 50.8 Å². The third-order valence-corrected chi connectivity index (χ3v) is 2.99. The third kappa shape index (κ3) is 2.68. The molecule has 0 aromatic heterocycles. The van der Waals surface area contributed by atoms with Gasteiger partial charge in [-0.1, -0.05) is 0 Å². The summed E-state index contributed by atoms with van der Waals surface area (Å²) >= 11 is 0. The van der Waals surface area contributed by atoms with Crippen LogP contribution in [0.3, 0.4) is 0 Å². The minimum absolute atomic E-state index is 0.00773. The van der Waals surface area contributed by atoms with Crippen LogP contribution in [0.2, 0.25) is 0 Å². The summed E-state index contributed by atoms with van der Waals surface area (Å²) in [5, 5.41) is 4.54. The molecule has 0 bridgehead atoms. The lowest BCUT2D eigenvalue weighted by Gasteiger charge is -2.37. The Balaban J connectivity index is 2.74. The second-order valence-corrected chi connectivity index (χ2v) is 3.95. The molecule has 0 aromatic rings. The van der Waals surface area contributed by atoms with Gasteiger partial charge in [0.05, 0.1) is 19.1 Å².